The summed E-state index contributed by atoms with van der Waals surface area (Å²) in [4.78, 5) is 33.5. The third-order valence-electron chi connectivity index (χ3n) is 6.90. The Kier molecular flexibility index (Phi) is 6.20. The summed E-state index contributed by atoms with van der Waals surface area (Å²) in [7, 11) is 2.12. The van der Waals surface area contributed by atoms with Crippen molar-refractivity contribution in [2.24, 2.45) is 0 Å². The minimum Gasteiger partial charge on any atom is -0.367 e. The van der Waals surface area contributed by atoms with Gasteiger partial charge in [-0.25, -0.2) is 14.4 Å². The average molecular weight is 514 g/mol. The zero-order chi connectivity index (χ0) is 26.2. The maximum atomic E-state index is 15.2. The van der Waals surface area contributed by atoms with Crippen molar-refractivity contribution in [2.75, 3.05) is 43.4 Å². The lowest BCUT2D eigenvalue weighted by atomic mass is 10.0. The van der Waals surface area contributed by atoms with Crippen molar-refractivity contribution in [3.8, 4) is 22.6 Å². The molecule has 0 unspecified atom stereocenters. The SMILES string of the molecule is CCCC(=O)Nc1cncc(-c2cc(F)c3n[nH]c(-c4nc5nccc(N6CCN(C)CC6)c5[nH]4)c3c2)c1. The molecule has 0 bridgehead atoms. The number of carbonyl (C=O) groups is 1. The third kappa shape index (κ3) is 4.45. The van der Waals surface area contributed by atoms with Gasteiger partial charge in [0.2, 0.25) is 5.91 Å². The molecule has 0 saturated carbocycles. The topological polar surface area (TPSA) is 119 Å². The lowest BCUT2D eigenvalue weighted by Crippen LogP contribution is -2.44. The van der Waals surface area contributed by atoms with E-state index in [1.807, 2.05) is 19.1 Å². The minimum atomic E-state index is -0.465. The molecular formula is C27H28FN9O. The Morgan fingerprint density at radius 3 is 2.79 bits per heavy atom. The van der Waals surface area contributed by atoms with Crippen molar-refractivity contribution in [3.63, 3.8) is 0 Å². The predicted octanol–water partition coefficient (Wildman–Crippen LogP) is 4.19. The van der Waals surface area contributed by atoms with E-state index in [0.29, 0.717) is 45.8 Å². The number of likely N-dealkylation sites (N-methyl/N-ethyl adjacent to an activating group) is 1. The molecule has 1 aliphatic heterocycles. The van der Waals surface area contributed by atoms with Crippen LogP contribution in [-0.4, -0.2) is 74.2 Å². The predicted molar refractivity (Wildman–Crippen MR) is 145 cm³/mol. The molecule has 0 aliphatic carbocycles. The van der Waals surface area contributed by atoms with E-state index in [2.05, 4.69) is 47.3 Å². The molecule has 11 heteroatoms. The highest BCUT2D eigenvalue weighted by Gasteiger charge is 2.21. The highest BCUT2D eigenvalue weighted by molar-refractivity contribution is 5.97. The van der Waals surface area contributed by atoms with Crippen LogP contribution in [0.2, 0.25) is 0 Å². The van der Waals surface area contributed by atoms with Crippen LogP contribution >= 0.6 is 0 Å². The second kappa shape index (κ2) is 9.82. The zero-order valence-electron chi connectivity index (χ0n) is 21.3. The van der Waals surface area contributed by atoms with Gasteiger partial charge in [0.1, 0.15) is 16.7 Å². The number of piperazine rings is 1. The number of nitrogens with zero attached hydrogens (tertiary/aromatic N) is 6. The molecule has 0 radical (unpaired) electrons. The second-order valence-corrected chi connectivity index (χ2v) is 9.62. The van der Waals surface area contributed by atoms with Gasteiger partial charge in [-0.3, -0.25) is 14.9 Å². The van der Waals surface area contributed by atoms with Crippen LogP contribution in [0.4, 0.5) is 15.8 Å². The van der Waals surface area contributed by atoms with Crippen LogP contribution in [0.15, 0.2) is 42.9 Å². The molecule has 0 atom stereocenters. The van der Waals surface area contributed by atoms with Crippen molar-refractivity contribution in [2.45, 2.75) is 19.8 Å². The van der Waals surface area contributed by atoms with Crippen LogP contribution in [-0.2, 0) is 4.79 Å². The number of aromatic nitrogens is 6. The standard InChI is InChI=1S/C27H28FN9O/c1-3-4-22(38)31-18-11-17(14-29-15-18)16-12-19-23(20(28)13-16)34-35-24(19)27-32-25-21(5-6-30-26(25)33-27)37-9-7-36(2)8-10-37/h5-6,11-15H,3-4,7-10H2,1-2H3,(H,31,38)(H,34,35)(H,30,32,33). The molecule has 5 heterocycles. The second-order valence-electron chi connectivity index (χ2n) is 9.62. The van der Waals surface area contributed by atoms with E-state index in [1.54, 1.807) is 24.7 Å². The van der Waals surface area contributed by atoms with E-state index in [4.69, 9.17) is 4.98 Å². The average Bonchev–Trinajstić information content (AvgIpc) is 3.54. The first-order valence-corrected chi connectivity index (χ1v) is 12.7. The van der Waals surface area contributed by atoms with Crippen LogP contribution in [0, 0.1) is 5.82 Å². The summed E-state index contributed by atoms with van der Waals surface area (Å²) in [6.07, 6.45) is 6.16. The Balaban J connectivity index is 1.39. The molecule has 194 valence electrons. The quantitative estimate of drug-likeness (QED) is 0.311. The normalized spacial score (nSPS) is 14.4. The van der Waals surface area contributed by atoms with Gasteiger partial charge in [-0.05, 0) is 43.3 Å². The van der Waals surface area contributed by atoms with Gasteiger partial charge in [0, 0.05) is 55.9 Å². The Hall–Kier alpha value is -4.38. The number of amides is 1. The molecule has 5 aromatic rings. The molecule has 0 spiro atoms. The van der Waals surface area contributed by atoms with Crippen LogP contribution in [0.25, 0.3) is 44.7 Å². The smallest absolute Gasteiger partial charge is 0.224 e. The van der Waals surface area contributed by atoms with Crippen molar-refractivity contribution < 1.29 is 9.18 Å². The number of hydrogen-bond donors (Lipinski definition) is 3. The molecule has 1 aromatic carbocycles. The fourth-order valence-corrected chi connectivity index (χ4v) is 4.87. The molecule has 4 aromatic heterocycles. The lowest BCUT2D eigenvalue weighted by molar-refractivity contribution is -0.116. The van der Waals surface area contributed by atoms with E-state index in [1.165, 1.54) is 6.07 Å². The summed E-state index contributed by atoms with van der Waals surface area (Å²) in [6.45, 7) is 5.74. The number of nitrogens with one attached hydrogen (secondary N) is 3. The van der Waals surface area contributed by atoms with Gasteiger partial charge < -0.3 is 20.1 Å². The summed E-state index contributed by atoms with van der Waals surface area (Å²) < 4.78 is 15.2. The Morgan fingerprint density at radius 1 is 1.13 bits per heavy atom. The van der Waals surface area contributed by atoms with Crippen molar-refractivity contribution in [3.05, 3.63) is 48.7 Å². The number of fused-ring (bicyclic) bond motifs is 2. The molecule has 10 nitrogen and oxygen atoms in total. The Bertz CT molecular complexity index is 1630. The lowest BCUT2D eigenvalue weighted by Gasteiger charge is -2.34. The van der Waals surface area contributed by atoms with Gasteiger partial charge in [-0.2, -0.15) is 5.10 Å². The van der Waals surface area contributed by atoms with Crippen molar-refractivity contribution in [1.29, 1.82) is 0 Å². The molecule has 38 heavy (non-hydrogen) atoms. The first kappa shape index (κ1) is 24.0. The fraction of sp³-hybridized carbons (Fsp3) is 0.296. The molecule has 3 N–H and O–H groups in total. The number of anilines is 2. The molecule has 1 saturated heterocycles. The highest BCUT2D eigenvalue weighted by atomic mass is 19.1. The number of benzene rings is 1. The van der Waals surface area contributed by atoms with Crippen LogP contribution in [0.3, 0.4) is 0 Å². The van der Waals surface area contributed by atoms with Gasteiger partial charge in [-0.15, -0.1) is 0 Å². The Morgan fingerprint density at radius 2 is 1.97 bits per heavy atom. The van der Waals surface area contributed by atoms with Gasteiger partial charge in [0.05, 0.1) is 17.6 Å². The molecular weight excluding hydrogens is 485 g/mol. The van der Waals surface area contributed by atoms with Gasteiger partial charge in [0.25, 0.3) is 0 Å². The third-order valence-corrected chi connectivity index (χ3v) is 6.90. The monoisotopic (exact) mass is 513 g/mol. The number of hydrogen-bond acceptors (Lipinski definition) is 7. The zero-order valence-corrected chi connectivity index (χ0v) is 21.3. The van der Waals surface area contributed by atoms with E-state index < -0.39 is 5.82 Å². The number of imidazole rings is 1. The number of rotatable bonds is 6. The summed E-state index contributed by atoms with van der Waals surface area (Å²) in [5, 5.41) is 10.6. The number of H-pyrrole nitrogens is 2. The summed E-state index contributed by atoms with van der Waals surface area (Å²) in [6, 6.07) is 7.06. The van der Waals surface area contributed by atoms with E-state index in [-0.39, 0.29) is 11.4 Å². The maximum Gasteiger partial charge on any atom is 0.224 e. The van der Waals surface area contributed by atoms with Gasteiger partial charge in [0.15, 0.2) is 17.3 Å². The summed E-state index contributed by atoms with van der Waals surface area (Å²) >= 11 is 0. The summed E-state index contributed by atoms with van der Waals surface area (Å²) in [5.74, 6) is -0.0146. The van der Waals surface area contributed by atoms with E-state index >= 15 is 4.39 Å². The molecule has 6 rings (SSSR count). The van der Waals surface area contributed by atoms with Crippen molar-refractivity contribution in [1.82, 2.24) is 35.0 Å². The Labute approximate surface area is 218 Å². The van der Waals surface area contributed by atoms with Crippen LogP contribution in [0.5, 0.6) is 0 Å². The minimum absolute atomic E-state index is 0.0837. The van der Waals surface area contributed by atoms with Crippen LogP contribution < -0.4 is 10.2 Å². The fourth-order valence-electron chi connectivity index (χ4n) is 4.87. The van der Waals surface area contributed by atoms with Gasteiger partial charge in [-0.1, -0.05) is 6.92 Å². The first-order valence-electron chi connectivity index (χ1n) is 12.7. The number of aromatic amines is 2. The summed E-state index contributed by atoms with van der Waals surface area (Å²) in [5.41, 5.74) is 5.13. The number of carbonyl (C=O) groups excluding carboxylic acids is 1. The highest BCUT2D eigenvalue weighted by Crippen LogP contribution is 2.34. The van der Waals surface area contributed by atoms with Gasteiger partial charge >= 0.3 is 0 Å². The molecule has 1 fully saturated rings. The maximum absolute atomic E-state index is 15.2. The van der Waals surface area contributed by atoms with Crippen molar-refractivity contribution >= 4 is 39.3 Å². The molecule has 1 aliphatic rings. The number of halogens is 1. The first-order chi connectivity index (χ1) is 18.5. The van der Waals surface area contributed by atoms with Crippen LogP contribution in [0.1, 0.15) is 19.8 Å². The number of pyridine rings is 2. The van der Waals surface area contributed by atoms with E-state index in [0.717, 1.165) is 43.8 Å². The van der Waals surface area contributed by atoms with E-state index in [9.17, 15) is 4.79 Å². The largest absolute Gasteiger partial charge is 0.367 e. The molecule has 1 amide bonds.